The number of amides is 1. The van der Waals surface area contributed by atoms with E-state index in [4.69, 9.17) is 14.5 Å². The lowest BCUT2D eigenvalue weighted by Gasteiger charge is -2.35. The second-order valence-corrected chi connectivity index (χ2v) is 12.4. The largest absolute Gasteiger partial charge is 0.460 e. The Balaban J connectivity index is 1.70. The molecule has 3 heterocycles. The first-order valence-corrected chi connectivity index (χ1v) is 14.6. The van der Waals surface area contributed by atoms with Crippen LogP contribution < -0.4 is 5.32 Å². The quantitative estimate of drug-likeness (QED) is 0.249. The molecular weight excluding hydrogens is 586 g/mol. The first-order chi connectivity index (χ1) is 19.4. The number of nitrogens with one attached hydrogen (secondary N) is 1. The summed E-state index contributed by atoms with van der Waals surface area (Å²) in [5.74, 6) is -1.17. The van der Waals surface area contributed by atoms with Crippen LogP contribution in [0.15, 0.2) is 63.5 Å². The molecule has 1 N–H and O–H groups in total. The lowest BCUT2D eigenvalue weighted by Crippen LogP contribution is -2.48. The molecule has 0 saturated heterocycles. The molecule has 41 heavy (non-hydrogen) atoms. The Bertz CT molecular complexity index is 1500. The third-order valence-corrected chi connectivity index (χ3v) is 7.46. The predicted octanol–water partition coefficient (Wildman–Crippen LogP) is 5.51. The Labute approximate surface area is 249 Å². The molecule has 1 aliphatic rings. The van der Waals surface area contributed by atoms with Gasteiger partial charge in [-0.15, -0.1) is 0 Å². The van der Waals surface area contributed by atoms with Crippen molar-refractivity contribution in [1.29, 1.82) is 0 Å². The number of carbonyl (C=O) groups is 2. The molecule has 4 rings (SSSR count). The van der Waals surface area contributed by atoms with Gasteiger partial charge in [0.2, 0.25) is 5.91 Å². The smallest absolute Gasteiger partial charge is 0.336 e. The van der Waals surface area contributed by atoms with Gasteiger partial charge in [0, 0.05) is 34.4 Å². The van der Waals surface area contributed by atoms with E-state index in [9.17, 15) is 9.59 Å². The molecule has 1 amide bonds. The van der Waals surface area contributed by atoms with Crippen LogP contribution in [0.4, 0.5) is 0 Å². The van der Waals surface area contributed by atoms with Gasteiger partial charge >= 0.3 is 5.97 Å². The van der Waals surface area contributed by atoms with E-state index in [1.807, 2.05) is 65.0 Å². The van der Waals surface area contributed by atoms with Crippen LogP contribution in [0.2, 0.25) is 0 Å². The van der Waals surface area contributed by atoms with Crippen molar-refractivity contribution in [3.8, 4) is 0 Å². The fraction of sp³-hybridized carbons (Fsp3) is 0.452. The molecule has 9 nitrogen and oxygen atoms in total. The van der Waals surface area contributed by atoms with Gasteiger partial charge in [0.25, 0.3) is 0 Å². The van der Waals surface area contributed by atoms with E-state index >= 15 is 0 Å². The molecule has 1 aliphatic heterocycles. The van der Waals surface area contributed by atoms with Crippen LogP contribution in [0, 0.1) is 12.8 Å². The molecule has 218 valence electrons. The van der Waals surface area contributed by atoms with Gasteiger partial charge in [-0.25, -0.2) is 9.78 Å². The molecule has 0 spiro atoms. The highest BCUT2D eigenvalue weighted by Gasteiger charge is 2.43. The Kier molecular flexibility index (Phi) is 9.44. The topological polar surface area (TPSA) is 108 Å². The number of fused-ring (bicyclic) bond motifs is 1. The summed E-state index contributed by atoms with van der Waals surface area (Å²) in [5, 5.41) is 3.09. The third-order valence-electron chi connectivity index (χ3n) is 6.74. The molecule has 2 unspecified atom stereocenters. The maximum Gasteiger partial charge on any atom is 0.336 e. The zero-order chi connectivity index (χ0) is 29.9. The van der Waals surface area contributed by atoms with Crippen molar-refractivity contribution in [2.24, 2.45) is 10.9 Å². The summed E-state index contributed by atoms with van der Waals surface area (Å²) < 4.78 is 14.7. The normalized spacial score (nSPS) is 17.6. The van der Waals surface area contributed by atoms with E-state index in [2.05, 4.69) is 35.8 Å². The number of hydrogen-bond donors (Lipinski definition) is 1. The maximum absolute atomic E-state index is 13.7. The number of carbonyl (C=O) groups excluding carboxylic acids is 2. The second-order valence-electron chi connectivity index (χ2n) is 11.5. The average molecular weight is 625 g/mol. The molecule has 0 bridgehead atoms. The minimum absolute atomic E-state index is 0.0850. The lowest BCUT2D eigenvalue weighted by molar-refractivity contribution is -0.143. The summed E-state index contributed by atoms with van der Waals surface area (Å²) in [7, 11) is 0. The zero-order valence-corrected chi connectivity index (χ0v) is 26.3. The van der Waals surface area contributed by atoms with Gasteiger partial charge < -0.3 is 19.4 Å². The second kappa shape index (κ2) is 12.7. The van der Waals surface area contributed by atoms with Gasteiger partial charge in [0.05, 0.1) is 48.2 Å². The molecule has 10 heteroatoms. The summed E-state index contributed by atoms with van der Waals surface area (Å²) >= 11 is 3.66. The highest BCUT2D eigenvalue weighted by atomic mass is 79.9. The van der Waals surface area contributed by atoms with Gasteiger partial charge in [-0.2, -0.15) is 0 Å². The number of imidazole rings is 1. The summed E-state index contributed by atoms with van der Waals surface area (Å²) in [4.78, 5) is 41.0. The minimum Gasteiger partial charge on any atom is -0.460 e. The molecule has 2 atom stereocenters. The number of nitrogens with zero attached hydrogens (tertiary/aromatic N) is 4. The van der Waals surface area contributed by atoms with Gasteiger partial charge in [-0.1, -0.05) is 34.1 Å². The van der Waals surface area contributed by atoms with Gasteiger partial charge in [0.1, 0.15) is 11.3 Å². The minimum atomic E-state index is -0.708. The SMILES string of the molecule is CC1=NC(COCCn2c(C)nc3cnccc32)=C(C(=O)OC(C)C)C(c2ccccc2Br)C1C(=O)NC(C)(C)C. The molecule has 0 radical (unpaired) electrons. The first-order valence-electron chi connectivity index (χ1n) is 13.8. The summed E-state index contributed by atoms with van der Waals surface area (Å²) in [6.07, 6.45) is 3.13. The lowest BCUT2D eigenvalue weighted by atomic mass is 9.74. The van der Waals surface area contributed by atoms with Crippen LogP contribution in [-0.4, -0.2) is 57.0 Å². The Hall–Kier alpha value is -3.37. The van der Waals surface area contributed by atoms with Crippen molar-refractivity contribution in [1.82, 2.24) is 19.9 Å². The van der Waals surface area contributed by atoms with E-state index in [0.29, 0.717) is 30.1 Å². The maximum atomic E-state index is 13.7. The predicted molar refractivity (Wildman–Crippen MR) is 163 cm³/mol. The van der Waals surface area contributed by atoms with Crippen molar-refractivity contribution >= 4 is 44.6 Å². The zero-order valence-electron chi connectivity index (χ0n) is 24.7. The number of hydrogen-bond acceptors (Lipinski definition) is 7. The molecule has 0 fully saturated rings. The van der Waals surface area contributed by atoms with Crippen LogP contribution in [0.3, 0.4) is 0 Å². The Morgan fingerprint density at radius 2 is 1.88 bits per heavy atom. The van der Waals surface area contributed by atoms with Gasteiger partial charge in [-0.3, -0.25) is 14.8 Å². The van der Waals surface area contributed by atoms with E-state index in [-0.39, 0.29) is 18.6 Å². The van der Waals surface area contributed by atoms with Gasteiger partial charge in [-0.05, 0) is 66.2 Å². The molecule has 3 aromatic rings. The van der Waals surface area contributed by atoms with Crippen LogP contribution in [0.25, 0.3) is 11.0 Å². The number of pyridine rings is 1. The van der Waals surface area contributed by atoms with Crippen LogP contribution in [-0.2, 0) is 25.6 Å². The number of rotatable bonds is 9. The molecule has 2 aromatic heterocycles. The van der Waals surface area contributed by atoms with E-state index in [1.54, 1.807) is 26.2 Å². The number of ether oxygens (including phenoxy) is 2. The molecule has 1 aromatic carbocycles. The van der Waals surface area contributed by atoms with E-state index < -0.39 is 23.3 Å². The van der Waals surface area contributed by atoms with Crippen molar-refractivity contribution in [3.05, 3.63) is 69.9 Å². The van der Waals surface area contributed by atoms with E-state index in [0.717, 1.165) is 26.9 Å². The van der Waals surface area contributed by atoms with Crippen LogP contribution in [0.5, 0.6) is 0 Å². The standard InChI is InChI=1S/C31H38BrN5O4/c1-18(2)41-30(39)28-24(17-40-15-14-37-20(4)35-23-16-33-13-12-25(23)37)34-19(3)26(29(38)36-31(5,6)7)27(28)21-10-8-9-11-22(21)32/h8-13,16,18,26-27H,14-15,17H2,1-7H3,(H,36,38). The number of aryl methyl sites for hydroxylation is 1. The monoisotopic (exact) mass is 623 g/mol. The fourth-order valence-corrected chi connectivity index (χ4v) is 5.65. The third kappa shape index (κ3) is 7.11. The highest BCUT2D eigenvalue weighted by Crippen LogP contribution is 2.42. The van der Waals surface area contributed by atoms with Crippen molar-refractivity contribution in [3.63, 3.8) is 0 Å². The number of aromatic nitrogens is 3. The number of aliphatic imine (C=N–C) groups is 1. The summed E-state index contributed by atoms with van der Waals surface area (Å²) in [5.41, 5.74) is 3.55. The van der Waals surface area contributed by atoms with Crippen molar-refractivity contribution < 1.29 is 19.1 Å². The van der Waals surface area contributed by atoms with E-state index in [1.165, 1.54) is 0 Å². The summed E-state index contributed by atoms with van der Waals surface area (Å²) in [6.45, 7) is 14.2. The number of halogens is 1. The Morgan fingerprint density at radius 1 is 1.15 bits per heavy atom. The van der Waals surface area contributed by atoms with Crippen LogP contribution in [0.1, 0.15) is 58.8 Å². The van der Waals surface area contributed by atoms with Gasteiger partial charge in [0.15, 0.2) is 0 Å². The first kappa shape index (κ1) is 30.6. The van der Waals surface area contributed by atoms with Crippen LogP contribution >= 0.6 is 15.9 Å². The fourth-order valence-electron chi connectivity index (χ4n) is 5.12. The Morgan fingerprint density at radius 3 is 2.56 bits per heavy atom. The van der Waals surface area contributed by atoms with Crippen molar-refractivity contribution in [2.75, 3.05) is 13.2 Å². The summed E-state index contributed by atoms with van der Waals surface area (Å²) in [6, 6.07) is 9.56. The molecular formula is C31H38BrN5O4. The molecule has 0 aliphatic carbocycles. The number of esters is 1. The molecule has 0 saturated carbocycles. The number of benzene rings is 1. The van der Waals surface area contributed by atoms with Crippen molar-refractivity contribution in [2.45, 2.75) is 72.6 Å². The average Bonchev–Trinajstić information content (AvgIpc) is 3.19. The highest BCUT2D eigenvalue weighted by molar-refractivity contribution is 9.10.